The average molecular weight is 445 g/mol. The normalized spacial score (nSPS) is 10.9. The van der Waals surface area contributed by atoms with Crippen molar-refractivity contribution in [3.8, 4) is 11.5 Å². The first-order chi connectivity index (χ1) is 11.0. The maximum Gasteiger partial charge on any atom is 0.189 e. The van der Waals surface area contributed by atoms with Crippen LogP contribution in [0, 0.1) is 6.92 Å². The van der Waals surface area contributed by atoms with Crippen molar-refractivity contribution >= 4 is 29.9 Å². The smallest absolute Gasteiger partial charge is 0.189 e. The molecule has 1 aromatic carbocycles. The summed E-state index contributed by atoms with van der Waals surface area (Å²) >= 11 is 0. The molecule has 8 heteroatoms. The van der Waals surface area contributed by atoms with Crippen molar-refractivity contribution in [1.82, 2.24) is 15.1 Å². The SMILES string of the molecule is COc1ccc(CN=C(N)NCc2cnn(C)c2C)cc1OC.I. The fourth-order valence-electron chi connectivity index (χ4n) is 2.11. The number of halogens is 1. The van der Waals surface area contributed by atoms with Crippen LogP contribution in [0.5, 0.6) is 11.5 Å². The lowest BCUT2D eigenvalue weighted by atomic mass is 10.2. The monoisotopic (exact) mass is 445 g/mol. The van der Waals surface area contributed by atoms with Crippen LogP contribution in [0.15, 0.2) is 29.4 Å². The number of nitrogens with two attached hydrogens (primary N) is 1. The van der Waals surface area contributed by atoms with Crippen molar-refractivity contribution in [2.45, 2.75) is 20.0 Å². The van der Waals surface area contributed by atoms with E-state index in [1.165, 1.54) is 0 Å². The minimum atomic E-state index is 0. The molecule has 24 heavy (non-hydrogen) atoms. The average Bonchev–Trinajstić information content (AvgIpc) is 2.89. The fourth-order valence-corrected chi connectivity index (χ4v) is 2.11. The number of guanidine groups is 1. The molecule has 0 fully saturated rings. The van der Waals surface area contributed by atoms with Crippen LogP contribution in [0.2, 0.25) is 0 Å². The third kappa shape index (κ3) is 5.02. The van der Waals surface area contributed by atoms with Gasteiger partial charge < -0.3 is 20.5 Å². The molecular formula is C16H24IN5O2. The molecule has 0 spiro atoms. The van der Waals surface area contributed by atoms with Crippen LogP contribution < -0.4 is 20.5 Å². The van der Waals surface area contributed by atoms with Gasteiger partial charge in [-0.1, -0.05) is 6.07 Å². The second kappa shape index (κ2) is 9.36. The molecular weight excluding hydrogens is 421 g/mol. The number of nitrogens with zero attached hydrogens (tertiary/aromatic N) is 3. The predicted molar refractivity (Wildman–Crippen MR) is 105 cm³/mol. The summed E-state index contributed by atoms with van der Waals surface area (Å²) in [4.78, 5) is 4.34. The Morgan fingerprint density at radius 3 is 2.58 bits per heavy atom. The van der Waals surface area contributed by atoms with Gasteiger partial charge in [0.15, 0.2) is 17.5 Å². The van der Waals surface area contributed by atoms with Crippen molar-refractivity contribution < 1.29 is 9.47 Å². The molecule has 0 saturated heterocycles. The van der Waals surface area contributed by atoms with Gasteiger partial charge in [0.2, 0.25) is 0 Å². The van der Waals surface area contributed by atoms with Crippen molar-refractivity contribution in [2.24, 2.45) is 17.8 Å². The molecule has 0 bridgehead atoms. The van der Waals surface area contributed by atoms with Crippen molar-refractivity contribution in [3.05, 3.63) is 41.2 Å². The van der Waals surface area contributed by atoms with E-state index in [0.717, 1.165) is 16.8 Å². The maximum absolute atomic E-state index is 5.91. The molecule has 0 saturated carbocycles. The van der Waals surface area contributed by atoms with Gasteiger partial charge in [-0.25, -0.2) is 4.99 Å². The van der Waals surface area contributed by atoms with Gasteiger partial charge >= 0.3 is 0 Å². The lowest BCUT2D eigenvalue weighted by molar-refractivity contribution is 0.354. The van der Waals surface area contributed by atoms with Gasteiger partial charge in [0.05, 0.1) is 27.0 Å². The van der Waals surface area contributed by atoms with Gasteiger partial charge in [-0.05, 0) is 24.6 Å². The van der Waals surface area contributed by atoms with Crippen LogP contribution in [0.3, 0.4) is 0 Å². The van der Waals surface area contributed by atoms with Crippen LogP contribution in [0.25, 0.3) is 0 Å². The molecule has 132 valence electrons. The third-order valence-electron chi connectivity index (χ3n) is 3.68. The van der Waals surface area contributed by atoms with Crippen LogP contribution in [0.4, 0.5) is 0 Å². The molecule has 2 aromatic rings. The molecule has 1 heterocycles. The number of nitrogens with one attached hydrogen (secondary N) is 1. The van der Waals surface area contributed by atoms with Gasteiger partial charge in [-0.3, -0.25) is 4.68 Å². The number of hydrogen-bond donors (Lipinski definition) is 2. The van der Waals surface area contributed by atoms with Gasteiger partial charge in [0, 0.05) is 24.8 Å². The summed E-state index contributed by atoms with van der Waals surface area (Å²) in [7, 11) is 5.13. The number of aromatic nitrogens is 2. The highest BCUT2D eigenvalue weighted by Crippen LogP contribution is 2.27. The highest BCUT2D eigenvalue weighted by atomic mass is 127. The lowest BCUT2D eigenvalue weighted by Gasteiger charge is -2.09. The van der Waals surface area contributed by atoms with Crippen LogP contribution in [0.1, 0.15) is 16.8 Å². The van der Waals surface area contributed by atoms with E-state index in [1.807, 2.05) is 43.0 Å². The zero-order chi connectivity index (χ0) is 16.8. The Bertz CT molecular complexity index is 700. The Balaban J connectivity index is 0.00000288. The van der Waals surface area contributed by atoms with Gasteiger partial charge in [0.25, 0.3) is 0 Å². The first-order valence-corrected chi connectivity index (χ1v) is 7.27. The van der Waals surface area contributed by atoms with E-state index in [0.29, 0.717) is 30.5 Å². The summed E-state index contributed by atoms with van der Waals surface area (Å²) in [6.45, 7) is 3.08. The van der Waals surface area contributed by atoms with E-state index >= 15 is 0 Å². The molecule has 1 aromatic heterocycles. The summed E-state index contributed by atoms with van der Waals surface area (Å²) in [5.74, 6) is 1.76. The minimum Gasteiger partial charge on any atom is -0.493 e. The van der Waals surface area contributed by atoms with Crippen molar-refractivity contribution in [1.29, 1.82) is 0 Å². The van der Waals surface area contributed by atoms with E-state index < -0.39 is 0 Å². The zero-order valence-electron chi connectivity index (χ0n) is 14.4. The Kier molecular flexibility index (Phi) is 7.83. The number of rotatable bonds is 6. The number of aryl methyl sites for hydroxylation is 1. The summed E-state index contributed by atoms with van der Waals surface area (Å²) in [6, 6.07) is 5.68. The number of methoxy groups -OCH3 is 2. The Labute approximate surface area is 159 Å². The molecule has 0 unspecified atom stereocenters. The maximum atomic E-state index is 5.91. The molecule has 0 radical (unpaired) electrons. The van der Waals surface area contributed by atoms with Crippen LogP contribution in [-0.2, 0) is 20.1 Å². The Morgan fingerprint density at radius 1 is 1.29 bits per heavy atom. The standard InChI is InChI=1S/C16H23N5O2.HI/c1-11-13(10-20-21(11)2)9-19-16(17)18-8-12-5-6-14(22-3)15(7-12)23-4;/h5-7,10H,8-9H2,1-4H3,(H3,17,18,19);1H. The number of ether oxygens (including phenoxy) is 2. The van der Waals surface area contributed by atoms with E-state index in [9.17, 15) is 0 Å². The first-order valence-electron chi connectivity index (χ1n) is 7.27. The fraction of sp³-hybridized carbons (Fsp3) is 0.375. The third-order valence-corrected chi connectivity index (χ3v) is 3.68. The van der Waals surface area contributed by atoms with Gasteiger partial charge in [-0.15, -0.1) is 24.0 Å². The van der Waals surface area contributed by atoms with E-state index in [-0.39, 0.29) is 24.0 Å². The number of benzene rings is 1. The van der Waals surface area contributed by atoms with Gasteiger partial charge in [0.1, 0.15) is 0 Å². The number of hydrogen-bond acceptors (Lipinski definition) is 4. The summed E-state index contributed by atoms with van der Waals surface area (Å²) in [6.07, 6.45) is 1.82. The van der Waals surface area contributed by atoms with E-state index in [2.05, 4.69) is 15.4 Å². The predicted octanol–water partition coefficient (Wildman–Crippen LogP) is 1.97. The zero-order valence-corrected chi connectivity index (χ0v) is 16.7. The van der Waals surface area contributed by atoms with Crippen LogP contribution in [-0.4, -0.2) is 30.0 Å². The molecule has 0 aliphatic carbocycles. The summed E-state index contributed by atoms with van der Waals surface area (Å²) in [5, 5.41) is 7.29. The minimum absolute atomic E-state index is 0. The second-order valence-corrected chi connectivity index (χ2v) is 5.12. The highest BCUT2D eigenvalue weighted by molar-refractivity contribution is 14.0. The number of aliphatic imine (C=N–C) groups is 1. The van der Waals surface area contributed by atoms with Gasteiger partial charge in [-0.2, -0.15) is 5.10 Å². The highest BCUT2D eigenvalue weighted by Gasteiger charge is 2.05. The molecule has 0 aliphatic heterocycles. The molecule has 2 rings (SSSR count). The van der Waals surface area contributed by atoms with Crippen molar-refractivity contribution in [3.63, 3.8) is 0 Å². The molecule has 3 N–H and O–H groups in total. The quantitative estimate of drug-likeness (QED) is 0.404. The summed E-state index contributed by atoms with van der Waals surface area (Å²) in [5.41, 5.74) is 9.10. The van der Waals surface area contributed by atoms with Crippen LogP contribution >= 0.6 is 24.0 Å². The second-order valence-electron chi connectivity index (χ2n) is 5.12. The summed E-state index contributed by atoms with van der Waals surface area (Å²) < 4.78 is 12.3. The largest absolute Gasteiger partial charge is 0.493 e. The topological polar surface area (TPSA) is 86.7 Å². The molecule has 0 atom stereocenters. The Hall–Kier alpha value is -1.97. The first kappa shape index (κ1) is 20.1. The molecule has 0 amide bonds. The lowest BCUT2D eigenvalue weighted by Crippen LogP contribution is -2.31. The van der Waals surface area contributed by atoms with E-state index in [4.69, 9.17) is 15.2 Å². The van der Waals surface area contributed by atoms with Crippen molar-refractivity contribution in [2.75, 3.05) is 14.2 Å². The Morgan fingerprint density at radius 2 is 2.00 bits per heavy atom. The molecule has 0 aliphatic rings. The van der Waals surface area contributed by atoms with E-state index in [1.54, 1.807) is 14.2 Å². The molecule has 7 nitrogen and oxygen atoms in total.